The van der Waals surface area contributed by atoms with Crippen molar-refractivity contribution >= 4 is 23.2 Å². The molecule has 2 N–H and O–H groups in total. The summed E-state index contributed by atoms with van der Waals surface area (Å²) in [4.78, 5) is 30.9. The Kier molecular flexibility index (Phi) is 8.21. The molecule has 2 aliphatic rings. The van der Waals surface area contributed by atoms with Crippen LogP contribution in [0, 0.1) is 0 Å². The third-order valence-corrected chi connectivity index (χ3v) is 7.14. The average molecular weight is 515 g/mol. The Hall–Kier alpha value is -3.88. The van der Waals surface area contributed by atoms with Gasteiger partial charge >= 0.3 is 0 Å². The number of anilines is 2. The van der Waals surface area contributed by atoms with E-state index in [1.165, 1.54) is 11.1 Å². The maximum absolute atomic E-state index is 13.5. The highest BCUT2D eigenvalue weighted by Crippen LogP contribution is 2.30. The molecule has 3 aromatic rings. The highest BCUT2D eigenvalue weighted by Gasteiger charge is 2.22. The van der Waals surface area contributed by atoms with Crippen molar-refractivity contribution in [3.8, 4) is 5.75 Å². The summed E-state index contributed by atoms with van der Waals surface area (Å²) in [5.74, 6) is 0.295. The number of ether oxygens (including phenoxy) is 2. The summed E-state index contributed by atoms with van der Waals surface area (Å²) in [6.45, 7) is 6.08. The highest BCUT2D eigenvalue weighted by molar-refractivity contribution is 6.06. The van der Waals surface area contributed by atoms with Crippen LogP contribution in [0.2, 0.25) is 0 Å². The molecule has 2 amide bonds. The van der Waals surface area contributed by atoms with Crippen molar-refractivity contribution in [2.75, 3.05) is 63.3 Å². The monoisotopic (exact) mass is 514 g/mol. The van der Waals surface area contributed by atoms with Crippen molar-refractivity contribution in [2.24, 2.45) is 0 Å². The van der Waals surface area contributed by atoms with Gasteiger partial charge in [0.15, 0.2) is 0 Å². The molecule has 8 heteroatoms. The number of nitrogens with one attached hydrogen (secondary N) is 2. The van der Waals surface area contributed by atoms with Crippen LogP contribution in [0.25, 0.3) is 0 Å². The Morgan fingerprint density at radius 1 is 0.921 bits per heavy atom. The number of amides is 2. The van der Waals surface area contributed by atoms with Crippen molar-refractivity contribution in [3.63, 3.8) is 0 Å². The molecular formula is C30H34N4O4. The van der Waals surface area contributed by atoms with Crippen molar-refractivity contribution < 1.29 is 19.1 Å². The van der Waals surface area contributed by atoms with Gasteiger partial charge in [0, 0.05) is 56.2 Å². The summed E-state index contributed by atoms with van der Waals surface area (Å²) in [5, 5.41) is 6.04. The number of carbonyl (C=O) groups is 2. The number of nitrogens with zero attached hydrogens (tertiary/aromatic N) is 2. The summed E-state index contributed by atoms with van der Waals surface area (Å²) in [7, 11) is 1.59. The molecule has 8 nitrogen and oxygen atoms in total. The van der Waals surface area contributed by atoms with Crippen LogP contribution < -0.4 is 20.3 Å². The first-order chi connectivity index (χ1) is 18.6. The molecule has 2 heterocycles. The van der Waals surface area contributed by atoms with E-state index in [-0.39, 0.29) is 11.8 Å². The van der Waals surface area contributed by atoms with Gasteiger partial charge in [-0.15, -0.1) is 0 Å². The molecule has 1 saturated heterocycles. The number of rotatable bonds is 8. The van der Waals surface area contributed by atoms with Crippen LogP contribution in [0.4, 0.5) is 11.4 Å². The van der Waals surface area contributed by atoms with Gasteiger partial charge in [-0.25, -0.2) is 0 Å². The van der Waals surface area contributed by atoms with Crippen LogP contribution in [0.15, 0.2) is 66.7 Å². The topological polar surface area (TPSA) is 83.1 Å². The van der Waals surface area contributed by atoms with E-state index in [2.05, 4.69) is 44.7 Å². The maximum atomic E-state index is 13.5. The largest absolute Gasteiger partial charge is 0.497 e. The van der Waals surface area contributed by atoms with E-state index in [1.54, 1.807) is 37.4 Å². The zero-order valence-corrected chi connectivity index (χ0v) is 21.7. The Bertz CT molecular complexity index is 1270. The molecule has 0 unspecified atom stereocenters. The van der Waals surface area contributed by atoms with E-state index < -0.39 is 0 Å². The quantitative estimate of drug-likeness (QED) is 0.478. The van der Waals surface area contributed by atoms with Crippen LogP contribution in [-0.4, -0.2) is 69.8 Å². The second-order valence-electron chi connectivity index (χ2n) is 9.56. The van der Waals surface area contributed by atoms with Crippen molar-refractivity contribution in [3.05, 3.63) is 89.0 Å². The molecule has 5 rings (SSSR count). The molecule has 198 valence electrons. The molecule has 38 heavy (non-hydrogen) atoms. The SMILES string of the molecule is COc1ccc(C(=O)Nc2ccc(N3CCc4ccccc4C3)c(C(=O)NCCN3CCOCC3)c2)cc1. The number of methoxy groups -OCH3 is 1. The van der Waals surface area contributed by atoms with Crippen LogP contribution in [-0.2, 0) is 17.7 Å². The molecule has 0 saturated carbocycles. The lowest BCUT2D eigenvalue weighted by molar-refractivity contribution is 0.0383. The molecular weight excluding hydrogens is 480 g/mol. The lowest BCUT2D eigenvalue weighted by Crippen LogP contribution is -2.41. The normalized spacial score (nSPS) is 15.4. The first-order valence-corrected chi connectivity index (χ1v) is 13.1. The highest BCUT2D eigenvalue weighted by atomic mass is 16.5. The van der Waals surface area contributed by atoms with Gasteiger partial charge in [0.05, 0.1) is 25.9 Å². The summed E-state index contributed by atoms with van der Waals surface area (Å²) < 4.78 is 10.6. The number of hydrogen-bond acceptors (Lipinski definition) is 6. The average Bonchev–Trinajstić information content (AvgIpc) is 2.97. The van der Waals surface area contributed by atoms with E-state index in [4.69, 9.17) is 9.47 Å². The molecule has 2 aliphatic heterocycles. The van der Waals surface area contributed by atoms with Crippen molar-refractivity contribution in [2.45, 2.75) is 13.0 Å². The van der Waals surface area contributed by atoms with E-state index in [0.29, 0.717) is 29.1 Å². The zero-order valence-electron chi connectivity index (χ0n) is 21.7. The summed E-state index contributed by atoms with van der Waals surface area (Å²) >= 11 is 0. The predicted octanol–water partition coefficient (Wildman–Crippen LogP) is 3.57. The van der Waals surface area contributed by atoms with Crippen LogP contribution in [0.3, 0.4) is 0 Å². The van der Waals surface area contributed by atoms with Gasteiger partial charge in [-0.1, -0.05) is 24.3 Å². The Labute approximate surface area is 223 Å². The second kappa shape index (κ2) is 12.1. The first-order valence-electron chi connectivity index (χ1n) is 13.1. The minimum Gasteiger partial charge on any atom is -0.497 e. The van der Waals surface area contributed by atoms with E-state index >= 15 is 0 Å². The van der Waals surface area contributed by atoms with Crippen molar-refractivity contribution in [1.82, 2.24) is 10.2 Å². The number of benzene rings is 3. The number of hydrogen-bond donors (Lipinski definition) is 2. The number of carbonyl (C=O) groups excluding carboxylic acids is 2. The third-order valence-electron chi connectivity index (χ3n) is 7.14. The molecule has 0 bridgehead atoms. The Morgan fingerprint density at radius 2 is 1.68 bits per heavy atom. The minimum atomic E-state index is -0.244. The minimum absolute atomic E-state index is 0.146. The second-order valence-corrected chi connectivity index (χ2v) is 9.56. The molecule has 0 aromatic heterocycles. The standard InChI is InChI=1S/C30H34N4O4/c1-37-26-9-6-23(7-10-26)29(35)32-25-8-11-28(34-14-12-22-4-2-3-5-24(22)21-34)27(20-25)30(36)31-13-15-33-16-18-38-19-17-33/h2-11,20H,12-19,21H2,1H3,(H,31,36)(H,32,35). The summed E-state index contributed by atoms with van der Waals surface area (Å²) in [6, 6.07) is 21.0. The summed E-state index contributed by atoms with van der Waals surface area (Å²) in [6.07, 6.45) is 0.921. The first kappa shape index (κ1) is 25.8. The number of morpholine rings is 1. The lowest BCUT2D eigenvalue weighted by Gasteiger charge is -2.32. The van der Waals surface area contributed by atoms with E-state index in [1.807, 2.05) is 12.1 Å². The molecule has 3 aromatic carbocycles. The lowest BCUT2D eigenvalue weighted by atomic mass is 9.98. The Balaban J connectivity index is 1.34. The summed E-state index contributed by atoms with van der Waals surface area (Å²) in [5.41, 5.74) is 5.13. The van der Waals surface area contributed by atoms with Gasteiger partial charge in [0.1, 0.15) is 5.75 Å². The van der Waals surface area contributed by atoms with Crippen molar-refractivity contribution in [1.29, 1.82) is 0 Å². The predicted molar refractivity (Wildman–Crippen MR) is 148 cm³/mol. The zero-order chi connectivity index (χ0) is 26.3. The molecule has 0 atom stereocenters. The maximum Gasteiger partial charge on any atom is 0.255 e. The smallest absolute Gasteiger partial charge is 0.255 e. The van der Waals surface area contributed by atoms with Gasteiger partial charge in [-0.05, 0) is 60.0 Å². The van der Waals surface area contributed by atoms with Gasteiger partial charge in [0.25, 0.3) is 11.8 Å². The van der Waals surface area contributed by atoms with Crippen LogP contribution in [0.1, 0.15) is 31.8 Å². The van der Waals surface area contributed by atoms with Gasteiger partial charge in [-0.3, -0.25) is 14.5 Å². The number of fused-ring (bicyclic) bond motifs is 1. The molecule has 0 radical (unpaired) electrons. The van der Waals surface area contributed by atoms with Crippen LogP contribution in [0.5, 0.6) is 5.75 Å². The fraction of sp³-hybridized carbons (Fsp3) is 0.333. The van der Waals surface area contributed by atoms with Gasteiger partial charge in [-0.2, -0.15) is 0 Å². The van der Waals surface area contributed by atoms with E-state index in [0.717, 1.165) is 58.0 Å². The molecule has 1 fully saturated rings. The fourth-order valence-electron chi connectivity index (χ4n) is 4.97. The Morgan fingerprint density at radius 3 is 2.45 bits per heavy atom. The molecule has 0 spiro atoms. The third kappa shape index (κ3) is 6.15. The van der Waals surface area contributed by atoms with E-state index in [9.17, 15) is 9.59 Å². The molecule has 0 aliphatic carbocycles. The van der Waals surface area contributed by atoms with Gasteiger partial charge in [0.2, 0.25) is 0 Å². The van der Waals surface area contributed by atoms with Crippen LogP contribution >= 0.6 is 0 Å². The van der Waals surface area contributed by atoms with Gasteiger partial charge < -0.3 is 25.0 Å². The fourth-order valence-corrected chi connectivity index (χ4v) is 4.97.